The summed E-state index contributed by atoms with van der Waals surface area (Å²) >= 11 is 0. The van der Waals surface area contributed by atoms with E-state index in [0.29, 0.717) is 6.42 Å². The fourth-order valence-corrected chi connectivity index (χ4v) is 4.47. The molecule has 0 fully saturated rings. The molecular formula is C24H49NaO4S. The third-order valence-electron chi connectivity index (χ3n) is 5.82. The summed E-state index contributed by atoms with van der Waals surface area (Å²) in [5, 5.41) is 10.1. The normalized spacial score (nSPS) is 12.6. The maximum Gasteiger partial charge on any atom is 1.00 e. The number of hydrogen-bond donors (Lipinski definition) is 1. The van der Waals surface area contributed by atoms with Gasteiger partial charge in [0.15, 0.2) is 0 Å². The van der Waals surface area contributed by atoms with Crippen molar-refractivity contribution in [1.82, 2.24) is 0 Å². The summed E-state index contributed by atoms with van der Waals surface area (Å²) in [6.07, 6.45) is 24.7. The fourth-order valence-electron chi connectivity index (χ4n) is 3.91. The zero-order valence-corrected chi connectivity index (χ0v) is 23.0. The average Bonchev–Trinajstić information content (AvgIpc) is 2.66. The van der Waals surface area contributed by atoms with Crippen LogP contribution in [0, 0.1) is 0 Å². The molecule has 0 spiro atoms. The van der Waals surface area contributed by atoms with Gasteiger partial charge in [-0.1, -0.05) is 122 Å². The van der Waals surface area contributed by atoms with E-state index < -0.39 is 10.1 Å². The van der Waals surface area contributed by atoms with Gasteiger partial charge in [0.25, 0.3) is 0 Å². The van der Waals surface area contributed by atoms with Crippen LogP contribution in [-0.2, 0) is 10.1 Å². The van der Waals surface area contributed by atoms with E-state index in [4.69, 9.17) is 0 Å². The third-order valence-corrected chi connectivity index (χ3v) is 6.61. The molecule has 0 rings (SSSR count). The summed E-state index contributed by atoms with van der Waals surface area (Å²) in [4.78, 5) is 0. The Bertz CT molecular complexity index is 429. The van der Waals surface area contributed by atoms with E-state index in [2.05, 4.69) is 6.92 Å². The van der Waals surface area contributed by atoms with Gasteiger partial charge in [-0.25, -0.2) is 8.42 Å². The molecule has 176 valence electrons. The number of hydrogen-bond acceptors (Lipinski definition) is 4. The van der Waals surface area contributed by atoms with Crippen LogP contribution in [0.2, 0.25) is 0 Å². The SMILES string of the molecule is CCCCCCCCCCCCCCCC(O)CCCCCCCCS(=O)(=O)[O-].[Na+]. The van der Waals surface area contributed by atoms with Crippen LogP contribution in [0.25, 0.3) is 0 Å². The van der Waals surface area contributed by atoms with Crippen LogP contribution in [0.3, 0.4) is 0 Å². The van der Waals surface area contributed by atoms with Crippen molar-refractivity contribution in [1.29, 1.82) is 0 Å². The Morgan fingerprint density at radius 3 is 1.23 bits per heavy atom. The standard InChI is InChI=1S/C24H50O4S.Na/c1-2-3-4-5-6-7-8-9-10-11-12-15-18-21-24(25)22-19-16-13-14-17-20-23-29(26,27)28;/h24-25H,2-23H2,1H3,(H,26,27,28);/q;+1/p-1. The first-order valence-electron chi connectivity index (χ1n) is 12.6. The Labute approximate surface area is 210 Å². The molecule has 0 bridgehead atoms. The van der Waals surface area contributed by atoms with E-state index in [9.17, 15) is 18.1 Å². The molecule has 0 amide bonds. The third kappa shape index (κ3) is 28.9. The second-order valence-electron chi connectivity index (χ2n) is 8.86. The van der Waals surface area contributed by atoms with Crippen LogP contribution in [0.1, 0.15) is 142 Å². The van der Waals surface area contributed by atoms with Gasteiger partial charge in [-0.3, -0.25) is 0 Å². The van der Waals surface area contributed by atoms with Gasteiger partial charge in [-0.15, -0.1) is 0 Å². The second kappa shape index (κ2) is 24.5. The van der Waals surface area contributed by atoms with Crippen molar-refractivity contribution in [2.75, 3.05) is 5.75 Å². The van der Waals surface area contributed by atoms with Crippen LogP contribution < -0.4 is 29.6 Å². The van der Waals surface area contributed by atoms with Crippen LogP contribution in [0.5, 0.6) is 0 Å². The maximum absolute atomic E-state index is 10.5. The van der Waals surface area contributed by atoms with Crippen molar-refractivity contribution in [3.8, 4) is 0 Å². The maximum atomic E-state index is 10.5. The molecular weight excluding hydrogens is 407 g/mol. The molecule has 0 radical (unpaired) electrons. The Hall–Kier alpha value is 0.870. The summed E-state index contributed by atoms with van der Waals surface area (Å²) in [5.41, 5.74) is 0. The number of aliphatic hydroxyl groups is 1. The van der Waals surface area contributed by atoms with Gasteiger partial charge in [0.05, 0.1) is 16.2 Å². The van der Waals surface area contributed by atoms with E-state index in [-0.39, 0.29) is 41.4 Å². The van der Waals surface area contributed by atoms with Gasteiger partial charge >= 0.3 is 29.6 Å². The molecule has 0 heterocycles. The van der Waals surface area contributed by atoms with E-state index in [1.165, 1.54) is 77.0 Å². The van der Waals surface area contributed by atoms with Gasteiger partial charge < -0.3 is 9.66 Å². The molecule has 0 saturated heterocycles. The predicted octanol–water partition coefficient (Wildman–Crippen LogP) is 4.11. The number of unbranched alkanes of at least 4 members (excludes halogenated alkanes) is 17. The summed E-state index contributed by atoms with van der Waals surface area (Å²) in [7, 11) is -4.04. The summed E-state index contributed by atoms with van der Waals surface area (Å²) in [5.74, 6) is -0.231. The summed E-state index contributed by atoms with van der Waals surface area (Å²) < 4.78 is 31.5. The van der Waals surface area contributed by atoms with E-state index >= 15 is 0 Å². The molecule has 0 aliphatic carbocycles. The first-order chi connectivity index (χ1) is 14.0. The summed E-state index contributed by atoms with van der Waals surface area (Å²) in [6.45, 7) is 2.27. The quantitative estimate of drug-likeness (QED) is 0.143. The van der Waals surface area contributed by atoms with Crippen molar-refractivity contribution in [3.05, 3.63) is 0 Å². The molecule has 30 heavy (non-hydrogen) atoms. The first kappa shape index (κ1) is 33.0. The topological polar surface area (TPSA) is 77.4 Å². The number of aliphatic hydroxyl groups excluding tert-OH is 1. The molecule has 0 aromatic carbocycles. The van der Waals surface area contributed by atoms with Crippen molar-refractivity contribution in [2.45, 2.75) is 148 Å². The van der Waals surface area contributed by atoms with Crippen molar-refractivity contribution in [3.63, 3.8) is 0 Å². The van der Waals surface area contributed by atoms with E-state index in [1.54, 1.807) is 0 Å². The molecule has 0 aliphatic heterocycles. The van der Waals surface area contributed by atoms with Crippen LogP contribution >= 0.6 is 0 Å². The van der Waals surface area contributed by atoms with Gasteiger partial charge in [-0.05, 0) is 19.3 Å². The van der Waals surface area contributed by atoms with Crippen LogP contribution in [0.15, 0.2) is 0 Å². The van der Waals surface area contributed by atoms with E-state index in [1.807, 2.05) is 0 Å². The summed E-state index contributed by atoms with van der Waals surface area (Å²) in [6, 6.07) is 0. The first-order valence-corrected chi connectivity index (χ1v) is 14.1. The number of rotatable bonds is 23. The van der Waals surface area contributed by atoms with Crippen molar-refractivity contribution < 1.29 is 47.6 Å². The Morgan fingerprint density at radius 1 is 0.600 bits per heavy atom. The van der Waals surface area contributed by atoms with Crippen LogP contribution in [0.4, 0.5) is 0 Å². The molecule has 0 aromatic heterocycles. The van der Waals surface area contributed by atoms with Gasteiger partial charge in [0.1, 0.15) is 0 Å². The molecule has 0 aliphatic rings. The monoisotopic (exact) mass is 456 g/mol. The molecule has 4 nitrogen and oxygen atoms in total. The van der Waals surface area contributed by atoms with Gasteiger partial charge in [0.2, 0.25) is 0 Å². The zero-order chi connectivity index (χ0) is 21.6. The minimum absolute atomic E-state index is 0. The van der Waals surface area contributed by atoms with Gasteiger partial charge in [0, 0.05) is 5.75 Å². The van der Waals surface area contributed by atoms with E-state index in [0.717, 1.165) is 51.4 Å². The predicted molar refractivity (Wildman–Crippen MR) is 123 cm³/mol. The largest absolute Gasteiger partial charge is 1.00 e. The minimum Gasteiger partial charge on any atom is -0.748 e. The average molecular weight is 457 g/mol. The minimum atomic E-state index is -4.04. The molecule has 1 N–H and O–H groups in total. The van der Waals surface area contributed by atoms with Crippen molar-refractivity contribution in [2.24, 2.45) is 0 Å². The van der Waals surface area contributed by atoms with Gasteiger partial charge in [-0.2, -0.15) is 0 Å². The molecule has 0 aromatic rings. The molecule has 1 unspecified atom stereocenters. The second-order valence-corrected chi connectivity index (χ2v) is 10.4. The fraction of sp³-hybridized carbons (Fsp3) is 1.00. The Balaban J connectivity index is 0. The Kier molecular flexibility index (Phi) is 27.0. The molecule has 1 atom stereocenters. The van der Waals surface area contributed by atoms with Crippen LogP contribution in [-0.4, -0.2) is 29.9 Å². The molecule has 6 heteroatoms. The zero-order valence-electron chi connectivity index (χ0n) is 20.2. The molecule has 0 saturated carbocycles. The van der Waals surface area contributed by atoms with Crippen molar-refractivity contribution >= 4 is 10.1 Å². The Morgan fingerprint density at radius 2 is 0.900 bits per heavy atom. The smallest absolute Gasteiger partial charge is 0.748 e.